The van der Waals surface area contributed by atoms with Gasteiger partial charge in [-0.15, -0.1) is 11.3 Å². The SMILES string of the molecule is O=C(O)C1(c2nc(-c3ccc[nH]3)cs2)COC1. The fraction of sp³-hybridized carbons (Fsp3) is 0.273. The van der Waals surface area contributed by atoms with E-state index in [1.165, 1.54) is 11.3 Å². The number of nitrogens with zero attached hydrogens (tertiary/aromatic N) is 1. The van der Waals surface area contributed by atoms with E-state index in [0.29, 0.717) is 5.01 Å². The number of carboxylic acids is 1. The predicted octanol–water partition coefficient (Wildman–Crippen LogP) is 1.49. The van der Waals surface area contributed by atoms with Crippen LogP contribution in [0.1, 0.15) is 5.01 Å². The summed E-state index contributed by atoms with van der Waals surface area (Å²) in [6.07, 6.45) is 1.81. The number of thiazole rings is 1. The maximum Gasteiger partial charge on any atom is 0.321 e. The lowest BCUT2D eigenvalue weighted by molar-refractivity contribution is -0.163. The van der Waals surface area contributed by atoms with Gasteiger partial charge < -0.3 is 14.8 Å². The van der Waals surface area contributed by atoms with E-state index < -0.39 is 11.4 Å². The van der Waals surface area contributed by atoms with Crippen molar-refractivity contribution in [3.05, 3.63) is 28.7 Å². The third-order valence-corrected chi connectivity index (χ3v) is 3.94. The first-order chi connectivity index (χ1) is 8.22. The summed E-state index contributed by atoms with van der Waals surface area (Å²) in [5.41, 5.74) is 0.742. The molecular weight excluding hydrogens is 240 g/mol. The smallest absolute Gasteiger partial charge is 0.321 e. The maximum atomic E-state index is 11.3. The van der Waals surface area contributed by atoms with Gasteiger partial charge >= 0.3 is 5.97 Å². The van der Waals surface area contributed by atoms with Crippen molar-refractivity contribution in [1.29, 1.82) is 0 Å². The number of rotatable bonds is 3. The topological polar surface area (TPSA) is 75.2 Å². The monoisotopic (exact) mass is 250 g/mol. The van der Waals surface area contributed by atoms with Gasteiger partial charge in [0.1, 0.15) is 5.01 Å². The van der Waals surface area contributed by atoms with Crippen LogP contribution in [0, 0.1) is 0 Å². The van der Waals surface area contributed by atoms with Crippen LogP contribution in [-0.4, -0.2) is 34.3 Å². The maximum absolute atomic E-state index is 11.3. The van der Waals surface area contributed by atoms with Crippen LogP contribution in [0.25, 0.3) is 11.4 Å². The van der Waals surface area contributed by atoms with E-state index in [2.05, 4.69) is 9.97 Å². The summed E-state index contributed by atoms with van der Waals surface area (Å²) in [6, 6.07) is 3.79. The number of H-pyrrole nitrogens is 1. The second-order valence-electron chi connectivity index (χ2n) is 4.00. The van der Waals surface area contributed by atoms with Crippen molar-refractivity contribution in [2.45, 2.75) is 5.41 Å². The Balaban J connectivity index is 1.98. The van der Waals surface area contributed by atoms with E-state index in [-0.39, 0.29) is 13.2 Å². The average Bonchev–Trinajstić information content (AvgIpc) is 2.83. The van der Waals surface area contributed by atoms with Gasteiger partial charge in [0.15, 0.2) is 5.41 Å². The van der Waals surface area contributed by atoms with Crippen LogP contribution in [0.4, 0.5) is 0 Å². The Morgan fingerprint density at radius 2 is 2.41 bits per heavy atom. The van der Waals surface area contributed by atoms with Gasteiger partial charge in [0, 0.05) is 11.6 Å². The van der Waals surface area contributed by atoms with E-state index in [9.17, 15) is 9.90 Å². The van der Waals surface area contributed by atoms with Gasteiger partial charge in [0.25, 0.3) is 0 Å². The molecule has 1 aliphatic rings. The minimum Gasteiger partial charge on any atom is -0.480 e. The van der Waals surface area contributed by atoms with Crippen molar-refractivity contribution < 1.29 is 14.6 Å². The summed E-state index contributed by atoms with van der Waals surface area (Å²) in [4.78, 5) is 18.7. The molecule has 3 heterocycles. The van der Waals surface area contributed by atoms with Crippen molar-refractivity contribution in [3.63, 3.8) is 0 Å². The highest BCUT2D eigenvalue weighted by atomic mass is 32.1. The van der Waals surface area contributed by atoms with Gasteiger partial charge in [0.2, 0.25) is 0 Å². The third-order valence-electron chi connectivity index (χ3n) is 2.89. The lowest BCUT2D eigenvalue weighted by atomic mass is 9.87. The Morgan fingerprint density at radius 3 is 2.94 bits per heavy atom. The Bertz CT molecular complexity index is 543. The molecule has 0 aliphatic carbocycles. The molecule has 3 rings (SSSR count). The lowest BCUT2D eigenvalue weighted by Gasteiger charge is -2.35. The number of aromatic amines is 1. The first-order valence-corrected chi connectivity index (χ1v) is 6.01. The summed E-state index contributed by atoms with van der Waals surface area (Å²) in [7, 11) is 0. The van der Waals surface area contributed by atoms with Gasteiger partial charge in [-0.2, -0.15) is 0 Å². The zero-order valence-electron chi connectivity index (χ0n) is 8.84. The van der Waals surface area contributed by atoms with E-state index in [1.807, 2.05) is 23.7 Å². The molecule has 1 fully saturated rings. The molecule has 17 heavy (non-hydrogen) atoms. The van der Waals surface area contributed by atoms with Crippen LogP contribution in [0.2, 0.25) is 0 Å². The molecule has 1 aliphatic heterocycles. The lowest BCUT2D eigenvalue weighted by Crippen LogP contribution is -2.53. The van der Waals surface area contributed by atoms with Crippen molar-refractivity contribution >= 4 is 17.3 Å². The van der Waals surface area contributed by atoms with Gasteiger partial charge in [-0.25, -0.2) is 4.98 Å². The van der Waals surface area contributed by atoms with Crippen LogP contribution >= 0.6 is 11.3 Å². The van der Waals surface area contributed by atoms with Gasteiger partial charge in [-0.3, -0.25) is 4.79 Å². The van der Waals surface area contributed by atoms with Crippen LogP contribution in [0.5, 0.6) is 0 Å². The molecule has 6 heteroatoms. The Kier molecular flexibility index (Phi) is 2.27. The molecule has 5 nitrogen and oxygen atoms in total. The number of aliphatic carboxylic acids is 1. The van der Waals surface area contributed by atoms with E-state index in [0.717, 1.165) is 11.4 Å². The molecule has 0 bridgehead atoms. The molecule has 0 unspecified atom stereocenters. The number of carboxylic acid groups (broad SMARTS) is 1. The highest BCUT2D eigenvalue weighted by Crippen LogP contribution is 2.36. The number of hydrogen-bond donors (Lipinski definition) is 2. The van der Waals surface area contributed by atoms with Crippen molar-refractivity contribution in [2.75, 3.05) is 13.2 Å². The van der Waals surface area contributed by atoms with E-state index in [1.54, 1.807) is 0 Å². The quantitative estimate of drug-likeness (QED) is 0.865. The molecule has 88 valence electrons. The highest BCUT2D eigenvalue weighted by Gasteiger charge is 2.50. The normalized spacial score (nSPS) is 17.6. The number of aromatic nitrogens is 2. The summed E-state index contributed by atoms with van der Waals surface area (Å²) in [5.74, 6) is -0.865. The molecule has 1 saturated heterocycles. The van der Waals surface area contributed by atoms with Crippen molar-refractivity contribution in [3.8, 4) is 11.4 Å². The zero-order valence-corrected chi connectivity index (χ0v) is 9.66. The average molecular weight is 250 g/mol. The fourth-order valence-corrected chi connectivity index (χ4v) is 2.74. The zero-order chi connectivity index (χ0) is 11.9. The number of ether oxygens (including phenoxy) is 1. The molecule has 0 atom stereocenters. The fourth-order valence-electron chi connectivity index (χ4n) is 1.75. The van der Waals surface area contributed by atoms with Gasteiger partial charge in [0.05, 0.1) is 24.6 Å². The third kappa shape index (κ3) is 1.49. The minimum atomic E-state index is -0.935. The van der Waals surface area contributed by atoms with E-state index >= 15 is 0 Å². The number of nitrogens with one attached hydrogen (secondary N) is 1. The molecular formula is C11H10N2O3S. The van der Waals surface area contributed by atoms with Crippen molar-refractivity contribution in [2.24, 2.45) is 0 Å². The molecule has 0 aromatic carbocycles. The van der Waals surface area contributed by atoms with Crippen LogP contribution in [0.3, 0.4) is 0 Å². The largest absolute Gasteiger partial charge is 0.480 e. The number of carbonyl (C=O) groups is 1. The van der Waals surface area contributed by atoms with Crippen LogP contribution < -0.4 is 0 Å². The standard InChI is InChI=1S/C11H10N2O3S/c14-10(15)11(5-16-6-11)9-13-8(4-17-9)7-2-1-3-12-7/h1-4,12H,5-6H2,(H,14,15). The minimum absolute atomic E-state index is 0.208. The molecule has 2 aromatic rings. The summed E-state index contributed by atoms with van der Waals surface area (Å²) in [5, 5.41) is 11.7. The highest BCUT2D eigenvalue weighted by molar-refractivity contribution is 7.10. The molecule has 0 saturated carbocycles. The Labute approximate surface area is 101 Å². The summed E-state index contributed by atoms with van der Waals surface area (Å²) in [6.45, 7) is 0.417. The van der Waals surface area contributed by atoms with Crippen LogP contribution in [0.15, 0.2) is 23.7 Å². The Morgan fingerprint density at radius 1 is 1.59 bits per heavy atom. The van der Waals surface area contributed by atoms with E-state index in [4.69, 9.17) is 4.74 Å². The molecule has 0 spiro atoms. The molecule has 2 aromatic heterocycles. The van der Waals surface area contributed by atoms with Gasteiger partial charge in [-0.05, 0) is 12.1 Å². The number of hydrogen-bond acceptors (Lipinski definition) is 4. The summed E-state index contributed by atoms with van der Waals surface area (Å²) < 4.78 is 5.03. The molecule has 0 radical (unpaired) electrons. The first-order valence-electron chi connectivity index (χ1n) is 5.13. The van der Waals surface area contributed by atoms with Crippen molar-refractivity contribution in [1.82, 2.24) is 9.97 Å². The first kappa shape index (κ1) is 10.5. The second-order valence-corrected chi connectivity index (χ2v) is 4.86. The molecule has 0 amide bonds. The Hall–Kier alpha value is -1.66. The molecule has 2 N–H and O–H groups in total. The van der Waals surface area contributed by atoms with Gasteiger partial charge in [-0.1, -0.05) is 0 Å². The summed E-state index contributed by atoms with van der Waals surface area (Å²) >= 11 is 1.37. The van der Waals surface area contributed by atoms with Crippen LogP contribution in [-0.2, 0) is 14.9 Å². The second kappa shape index (κ2) is 3.68. The predicted molar refractivity (Wildman–Crippen MR) is 62.0 cm³/mol.